The largest absolute Gasteiger partial charge is 0.448 e. The third-order valence-electron chi connectivity index (χ3n) is 3.39. The Labute approximate surface area is 102 Å². The smallest absolute Gasteiger partial charge is 0.227 e. The van der Waals surface area contributed by atoms with E-state index in [1.54, 1.807) is 0 Å². The molecule has 1 heterocycles. The highest BCUT2D eigenvalue weighted by Crippen LogP contribution is 2.17. The molecule has 1 N–H and O–H groups in total. The molecule has 0 aromatic carbocycles. The van der Waals surface area contributed by atoms with Gasteiger partial charge in [-0.2, -0.15) is 0 Å². The van der Waals surface area contributed by atoms with Gasteiger partial charge in [-0.3, -0.25) is 4.79 Å². The number of carbonyl (C=O) groups is 1. The van der Waals surface area contributed by atoms with Crippen LogP contribution in [0.3, 0.4) is 0 Å². The number of aryl methyl sites for hydroxylation is 1. The van der Waals surface area contributed by atoms with E-state index in [1.807, 2.05) is 6.92 Å². The molecule has 4 heteroatoms. The molecule has 0 radical (unpaired) electrons. The molecule has 0 unspecified atom stereocenters. The van der Waals surface area contributed by atoms with Gasteiger partial charge < -0.3 is 9.73 Å². The van der Waals surface area contributed by atoms with Gasteiger partial charge >= 0.3 is 0 Å². The van der Waals surface area contributed by atoms with Crippen molar-refractivity contribution in [3.05, 3.63) is 17.8 Å². The van der Waals surface area contributed by atoms with Crippen LogP contribution in [0.4, 0.5) is 0 Å². The average Bonchev–Trinajstić information content (AvgIpc) is 2.55. The number of aromatic nitrogens is 1. The summed E-state index contributed by atoms with van der Waals surface area (Å²) >= 11 is 0. The second-order valence-corrected chi connectivity index (χ2v) is 4.79. The molecule has 0 bridgehead atoms. The Morgan fingerprint density at radius 1 is 1.41 bits per heavy atom. The molecule has 4 nitrogen and oxygen atoms in total. The molecule has 1 aliphatic carbocycles. The van der Waals surface area contributed by atoms with Crippen LogP contribution in [-0.4, -0.2) is 16.9 Å². The number of carbonyl (C=O) groups excluding carboxylic acids is 1. The number of nitrogens with zero attached hydrogens (tertiary/aromatic N) is 1. The minimum atomic E-state index is 0.0525. The molecule has 1 aliphatic rings. The van der Waals surface area contributed by atoms with Crippen molar-refractivity contribution in [1.82, 2.24) is 10.3 Å². The van der Waals surface area contributed by atoms with Gasteiger partial charge in [-0.15, -0.1) is 0 Å². The first-order valence-corrected chi connectivity index (χ1v) is 6.44. The monoisotopic (exact) mass is 236 g/mol. The summed E-state index contributed by atoms with van der Waals surface area (Å²) in [6.07, 6.45) is 8.98. The first-order valence-electron chi connectivity index (χ1n) is 6.44. The molecule has 1 saturated carbocycles. The zero-order valence-electron chi connectivity index (χ0n) is 10.4. The molecule has 1 aromatic rings. The van der Waals surface area contributed by atoms with E-state index >= 15 is 0 Å². The number of hydrogen-bond donors (Lipinski definition) is 1. The number of oxazole rings is 1. The molecule has 1 fully saturated rings. The van der Waals surface area contributed by atoms with Crippen molar-refractivity contribution >= 4 is 5.91 Å². The van der Waals surface area contributed by atoms with Gasteiger partial charge in [0.05, 0.1) is 12.1 Å². The van der Waals surface area contributed by atoms with Gasteiger partial charge in [-0.25, -0.2) is 4.98 Å². The van der Waals surface area contributed by atoms with E-state index in [9.17, 15) is 4.79 Å². The average molecular weight is 236 g/mol. The van der Waals surface area contributed by atoms with Crippen molar-refractivity contribution in [1.29, 1.82) is 0 Å². The van der Waals surface area contributed by atoms with Gasteiger partial charge in [0.1, 0.15) is 5.76 Å². The molecule has 1 amide bonds. The van der Waals surface area contributed by atoms with Gasteiger partial charge in [0, 0.05) is 6.04 Å². The summed E-state index contributed by atoms with van der Waals surface area (Å²) in [7, 11) is 0. The molecule has 0 aliphatic heterocycles. The predicted molar refractivity (Wildman–Crippen MR) is 64.6 cm³/mol. The minimum absolute atomic E-state index is 0.0525. The maximum Gasteiger partial charge on any atom is 0.227 e. The summed E-state index contributed by atoms with van der Waals surface area (Å²) in [5, 5.41) is 3.10. The highest BCUT2D eigenvalue weighted by Gasteiger charge is 2.16. The molecule has 2 rings (SSSR count). The van der Waals surface area contributed by atoms with Gasteiger partial charge in [-0.1, -0.05) is 25.7 Å². The lowest BCUT2D eigenvalue weighted by atomic mass is 10.1. The Hall–Kier alpha value is -1.32. The lowest BCUT2D eigenvalue weighted by Gasteiger charge is -2.15. The van der Waals surface area contributed by atoms with Crippen molar-refractivity contribution in [2.75, 3.05) is 0 Å². The van der Waals surface area contributed by atoms with Crippen molar-refractivity contribution in [2.45, 2.75) is 57.9 Å². The molecule has 0 saturated heterocycles. The Morgan fingerprint density at radius 3 is 2.71 bits per heavy atom. The fraction of sp³-hybridized carbons (Fsp3) is 0.692. The Morgan fingerprint density at radius 2 is 2.12 bits per heavy atom. The Kier molecular flexibility index (Phi) is 4.18. The highest BCUT2D eigenvalue weighted by atomic mass is 16.3. The van der Waals surface area contributed by atoms with Crippen molar-refractivity contribution in [3.8, 4) is 0 Å². The van der Waals surface area contributed by atoms with Gasteiger partial charge in [-0.05, 0) is 19.8 Å². The van der Waals surface area contributed by atoms with E-state index in [1.165, 1.54) is 32.1 Å². The van der Waals surface area contributed by atoms with Crippen LogP contribution in [0.2, 0.25) is 0 Å². The summed E-state index contributed by atoms with van der Waals surface area (Å²) in [4.78, 5) is 15.8. The van der Waals surface area contributed by atoms with E-state index in [0.29, 0.717) is 18.2 Å². The first kappa shape index (κ1) is 12.1. The zero-order valence-corrected chi connectivity index (χ0v) is 10.4. The second kappa shape index (κ2) is 5.84. The van der Waals surface area contributed by atoms with E-state index < -0.39 is 0 Å². The van der Waals surface area contributed by atoms with Crippen LogP contribution in [0.1, 0.15) is 50.0 Å². The summed E-state index contributed by atoms with van der Waals surface area (Å²) in [6, 6.07) is 0.355. The van der Waals surface area contributed by atoms with E-state index in [-0.39, 0.29) is 5.91 Å². The molecule has 17 heavy (non-hydrogen) atoms. The number of rotatable bonds is 3. The van der Waals surface area contributed by atoms with E-state index in [4.69, 9.17) is 4.42 Å². The van der Waals surface area contributed by atoms with Crippen LogP contribution < -0.4 is 5.32 Å². The molecular weight excluding hydrogens is 216 g/mol. The third kappa shape index (κ3) is 3.58. The number of amides is 1. The van der Waals surface area contributed by atoms with Gasteiger partial charge in [0.2, 0.25) is 5.91 Å². The molecular formula is C13H20N2O2. The van der Waals surface area contributed by atoms with Gasteiger partial charge in [0.25, 0.3) is 0 Å². The lowest BCUT2D eigenvalue weighted by molar-refractivity contribution is -0.121. The van der Waals surface area contributed by atoms with Crippen LogP contribution in [0.5, 0.6) is 0 Å². The Balaban J connectivity index is 1.82. The van der Waals surface area contributed by atoms with Crippen molar-refractivity contribution in [2.24, 2.45) is 0 Å². The summed E-state index contributed by atoms with van der Waals surface area (Å²) in [6.45, 7) is 1.86. The quantitative estimate of drug-likeness (QED) is 0.820. The van der Waals surface area contributed by atoms with E-state index in [0.717, 1.165) is 18.5 Å². The first-order chi connectivity index (χ1) is 8.25. The van der Waals surface area contributed by atoms with Crippen molar-refractivity contribution < 1.29 is 9.21 Å². The number of hydrogen-bond acceptors (Lipinski definition) is 3. The fourth-order valence-electron chi connectivity index (χ4n) is 2.34. The normalized spacial score (nSPS) is 17.7. The topological polar surface area (TPSA) is 55.1 Å². The van der Waals surface area contributed by atoms with Crippen molar-refractivity contribution in [3.63, 3.8) is 0 Å². The van der Waals surface area contributed by atoms with Gasteiger partial charge in [0.15, 0.2) is 6.39 Å². The maximum absolute atomic E-state index is 11.8. The number of nitrogens with one attached hydrogen (secondary N) is 1. The highest BCUT2D eigenvalue weighted by molar-refractivity contribution is 5.78. The van der Waals surface area contributed by atoms with Crippen LogP contribution in [-0.2, 0) is 11.2 Å². The summed E-state index contributed by atoms with van der Waals surface area (Å²) in [5.41, 5.74) is 0.806. The lowest BCUT2D eigenvalue weighted by Crippen LogP contribution is -2.35. The molecule has 1 aromatic heterocycles. The summed E-state index contributed by atoms with van der Waals surface area (Å²) in [5.74, 6) is 0.730. The standard InChI is InChI=1S/C13H20N2O2/c1-10-12(17-9-14-10)8-13(16)15-11-6-4-2-3-5-7-11/h9,11H,2-8H2,1H3,(H,15,16). The maximum atomic E-state index is 11.8. The zero-order chi connectivity index (χ0) is 12.1. The van der Waals surface area contributed by atoms with E-state index in [2.05, 4.69) is 10.3 Å². The summed E-state index contributed by atoms with van der Waals surface area (Å²) < 4.78 is 5.18. The molecule has 0 spiro atoms. The Bertz CT molecular complexity index is 365. The molecule has 94 valence electrons. The van der Waals surface area contributed by atoms with Crippen LogP contribution >= 0.6 is 0 Å². The van der Waals surface area contributed by atoms with Crippen LogP contribution in [0.15, 0.2) is 10.8 Å². The second-order valence-electron chi connectivity index (χ2n) is 4.79. The van der Waals surface area contributed by atoms with Crippen LogP contribution in [0, 0.1) is 6.92 Å². The minimum Gasteiger partial charge on any atom is -0.448 e. The van der Waals surface area contributed by atoms with Crippen LogP contribution in [0.25, 0.3) is 0 Å². The third-order valence-corrected chi connectivity index (χ3v) is 3.39. The molecule has 0 atom stereocenters. The SMILES string of the molecule is Cc1ncoc1CC(=O)NC1CCCCCC1. The fourth-order valence-corrected chi connectivity index (χ4v) is 2.34. The predicted octanol–water partition coefficient (Wildman–Crippen LogP) is 2.36.